The molecule has 15 heteroatoms. The van der Waals surface area contributed by atoms with Crippen LogP contribution >= 0.6 is 0 Å². The number of rotatable bonds is 10. The molecule has 0 aliphatic carbocycles. The van der Waals surface area contributed by atoms with Gasteiger partial charge >= 0.3 is 5.97 Å². The van der Waals surface area contributed by atoms with Crippen molar-refractivity contribution in [1.82, 2.24) is 0 Å². The summed E-state index contributed by atoms with van der Waals surface area (Å²) in [6, 6.07) is 0. The van der Waals surface area contributed by atoms with Crippen LogP contribution in [0, 0.1) is 9.93 Å². The molecule has 162 valence electrons. The van der Waals surface area contributed by atoms with Crippen LogP contribution in [0.2, 0.25) is 0 Å². The van der Waals surface area contributed by atoms with E-state index in [1.165, 1.54) is 0 Å². The fourth-order valence-electron chi connectivity index (χ4n) is 1.29. The van der Waals surface area contributed by atoms with Crippen molar-refractivity contribution in [3.63, 3.8) is 0 Å². The van der Waals surface area contributed by atoms with Crippen molar-refractivity contribution < 1.29 is 65.8 Å². The van der Waals surface area contributed by atoms with Gasteiger partial charge in [0.05, 0.1) is 13.2 Å². The summed E-state index contributed by atoms with van der Waals surface area (Å²) in [6.07, 6.45) is -14.7. The van der Waals surface area contributed by atoms with Crippen molar-refractivity contribution in [2.75, 3.05) is 13.2 Å². The number of carbonyl (C=O) groups excluding carboxylic acids is 1. The minimum atomic E-state index is -2.20. The minimum absolute atomic E-state index is 0.0258. The lowest BCUT2D eigenvalue weighted by molar-refractivity contribution is -0.164. The molecule has 0 rings (SSSR count). The number of carbonyl (C=O) groups is 2. The highest BCUT2D eigenvalue weighted by Crippen LogP contribution is 2.05. The second-order valence-electron chi connectivity index (χ2n) is 4.87. The maximum atomic E-state index is 10.1. The Kier molecular flexibility index (Phi) is 18.4. The zero-order valence-corrected chi connectivity index (χ0v) is 13.7. The second-order valence-corrected chi connectivity index (χ2v) is 4.87. The topological polar surface area (TPSA) is 291 Å². The first-order valence-electron chi connectivity index (χ1n) is 6.97. The van der Waals surface area contributed by atoms with Crippen molar-refractivity contribution in [2.24, 2.45) is 0 Å². The monoisotopic (exact) mass is 408 g/mol. The maximum absolute atomic E-state index is 10.1. The summed E-state index contributed by atoms with van der Waals surface area (Å²) in [5, 5.41) is 95.4. The highest BCUT2D eigenvalue weighted by molar-refractivity contribution is 5.72. The average molecular weight is 408 g/mol. The zero-order valence-electron chi connectivity index (χ0n) is 13.7. The van der Waals surface area contributed by atoms with Crippen LogP contribution in [-0.4, -0.2) is 130 Å². The van der Waals surface area contributed by atoms with Gasteiger partial charge in [-0.2, -0.15) is 0 Å². The molecule has 0 aliphatic rings. The molecule has 0 heterocycles. The first-order valence-corrected chi connectivity index (χ1v) is 6.97. The van der Waals surface area contributed by atoms with Gasteiger partial charge in [0.15, 0.2) is 12.4 Å². The highest BCUT2D eigenvalue weighted by atomic mass is 16.7. The number of hydrogen-bond donors (Lipinski definition) is 11. The van der Waals surface area contributed by atoms with Crippen LogP contribution in [0.3, 0.4) is 0 Å². The zero-order chi connectivity index (χ0) is 22.3. The molecular weight excluding hydrogens is 384 g/mol. The molecule has 0 spiro atoms. The summed E-state index contributed by atoms with van der Waals surface area (Å²) >= 11 is 0. The van der Waals surface area contributed by atoms with Gasteiger partial charge in [0.1, 0.15) is 42.7 Å². The lowest BCUT2D eigenvalue weighted by Crippen LogP contribution is -2.48. The lowest BCUT2D eigenvalue weighted by Gasteiger charge is -2.23. The SMILES string of the molecule is O=C(O)C(O)C(O)C(O)C(O)CO.O=CC(O)C(O)C(O)C(O)CO.O=O. The molecule has 0 bridgehead atoms. The highest BCUT2D eigenvalue weighted by Gasteiger charge is 2.33. The molecule has 0 aromatic heterocycles. The van der Waals surface area contributed by atoms with Crippen LogP contribution < -0.4 is 0 Å². The third-order valence-corrected chi connectivity index (χ3v) is 2.93. The number of carboxylic acids is 1. The Labute approximate surface area is 151 Å². The molecule has 0 aromatic carbocycles. The van der Waals surface area contributed by atoms with Gasteiger partial charge in [-0.15, -0.1) is 0 Å². The van der Waals surface area contributed by atoms with E-state index in [9.17, 15) is 9.59 Å². The summed E-state index contributed by atoms with van der Waals surface area (Å²) in [7, 11) is 0. The van der Waals surface area contributed by atoms with Crippen molar-refractivity contribution in [2.45, 2.75) is 48.8 Å². The van der Waals surface area contributed by atoms with Gasteiger partial charge in [-0.1, -0.05) is 0 Å². The molecule has 0 radical (unpaired) electrons. The van der Waals surface area contributed by atoms with Gasteiger partial charge in [0.25, 0.3) is 0 Å². The third kappa shape index (κ3) is 11.6. The van der Waals surface area contributed by atoms with Crippen molar-refractivity contribution >= 4 is 12.3 Å². The lowest BCUT2D eigenvalue weighted by atomic mass is 10.0. The van der Waals surface area contributed by atoms with E-state index in [0.29, 0.717) is 0 Å². The molecule has 0 aliphatic heterocycles. The van der Waals surface area contributed by atoms with Gasteiger partial charge in [-0.05, 0) is 0 Å². The van der Waals surface area contributed by atoms with Crippen LogP contribution in [-0.2, 0) is 9.59 Å². The first-order chi connectivity index (χ1) is 12.5. The van der Waals surface area contributed by atoms with E-state index < -0.39 is 68.0 Å². The Morgan fingerprint density at radius 1 is 0.704 bits per heavy atom. The van der Waals surface area contributed by atoms with E-state index in [1.54, 1.807) is 0 Å². The van der Waals surface area contributed by atoms with E-state index >= 15 is 0 Å². The van der Waals surface area contributed by atoms with E-state index in [4.69, 9.17) is 66.1 Å². The molecule has 0 amide bonds. The summed E-state index contributed by atoms with van der Waals surface area (Å²) < 4.78 is 0. The van der Waals surface area contributed by atoms with Crippen LogP contribution in [0.1, 0.15) is 0 Å². The quantitative estimate of drug-likeness (QED) is 0.150. The van der Waals surface area contributed by atoms with Gasteiger partial charge in [0.2, 0.25) is 0 Å². The Morgan fingerprint density at radius 2 is 1.04 bits per heavy atom. The molecule has 15 nitrogen and oxygen atoms in total. The van der Waals surface area contributed by atoms with E-state index in [0.717, 1.165) is 0 Å². The van der Waals surface area contributed by atoms with Gasteiger partial charge in [-0.3, -0.25) is 0 Å². The fourth-order valence-corrected chi connectivity index (χ4v) is 1.29. The molecule has 0 aromatic rings. The van der Waals surface area contributed by atoms with Gasteiger partial charge < -0.3 is 61.0 Å². The summed E-state index contributed by atoms with van der Waals surface area (Å²) in [5.74, 6) is -1.73. The van der Waals surface area contributed by atoms with Gasteiger partial charge in [0, 0.05) is 9.93 Å². The summed E-state index contributed by atoms with van der Waals surface area (Å²) in [6.45, 7) is -1.60. The average Bonchev–Trinajstić information content (AvgIpc) is 2.70. The van der Waals surface area contributed by atoms with Crippen LogP contribution in [0.5, 0.6) is 0 Å². The molecule has 0 fully saturated rings. The number of aldehydes is 1. The number of aliphatic carboxylic acids is 1. The summed E-state index contributed by atoms with van der Waals surface area (Å²) in [4.78, 5) is 34.0. The standard InChI is InChI=1S/C6H12O7.C6H12O6.O2/c7-1-2(8)3(9)4(10)5(11)6(12)13;7-1-3(9)5(11)6(12)4(10)2-8;1-2/h2-5,7-11H,1H2,(H,12,13);1,3-6,8-12H,2H2;. The summed E-state index contributed by atoms with van der Waals surface area (Å²) in [5.41, 5.74) is 0. The Bertz CT molecular complexity index is 393. The number of aliphatic hydroxyl groups is 10. The van der Waals surface area contributed by atoms with Gasteiger partial charge in [-0.25, -0.2) is 4.79 Å². The van der Waals surface area contributed by atoms with E-state index in [-0.39, 0.29) is 6.29 Å². The number of hydrogen-bond acceptors (Lipinski definition) is 14. The number of aliphatic hydroxyl groups excluding tert-OH is 10. The van der Waals surface area contributed by atoms with Crippen LogP contribution in [0.25, 0.3) is 0 Å². The van der Waals surface area contributed by atoms with Crippen molar-refractivity contribution in [3.8, 4) is 0 Å². The molecular formula is C12H24O15. The minimum Gasteiger partial charge on any atom is -0.479 e. The molecule has 27 heavy (non-hydrogen) atoms. The molecule has 0 saturated heterocycles. The molecule has 11 N–H and O–H groups in total. The Morgan fingerprint density at radius 3 is 1.30 bits per heavy atom. The third-order valence-electron chi connectivity index (χ3n) is 2.93. The predicted octanol–water partition coefficient (Wildman–Crippen LogP) is -6.80. The predicted molar refractivity (Wildman–Crippen MR) is 82.7 cm³/mol. The number of carboxylic acid groups (broad SMARTS) is 1. The molecule has 0 saturated carbocycles. The first kappa shape index (κ1) is 30.1. The van der Waals surface area contributed by atoms with Crippen molar-refractivity contribution in [3.05, 3.63) is 9.93 Å². The van der Waals surface area contributed by atoms with Crippen LogP contribution in [0.4, 0.5) is 0 Å². The van der Waals surface area contributed by atoms with E-state index in [1.807, 2.05) is 0 Å². The van der Waals surface area contributed by atoms with Crippen molar-refractivity contribution in [1.29, 1.82) is 0 Å². The van der Waals surface area contributed by atoms with Crippen LogP contribution in [0.15, 0.2) is 0 Å². The molecule has 8 atom stereocenters. The second kappa shape index (κ2) is 16.5. The smallest absolute Gasteiger partial charge is 0.335 e. The molecule has 8 unspecified atom stereocenters. The Balaban J connectivity index is -0.000000391. The normalized spacial score (nSPS) is 19.3. The maximum Gasteiger partial charge on any atom is 0.335 e. The largest absolute Gasteiger partial charge is 0.479 e. The van der Waals surface area contributed by atoms with E-state index in [2.05, 4.69) is 0 Å². The Hall–Kier alpha value is -1.66. The fraction of sp³-hybridized carbons (Fsp3) is 0.833.